The lowest BCUT2D eigenvalue weighted by Crippen LogP contribution is -2.37. The van der Waals surface area contributed by atoms with Gasteiger partial charge in [-0.25, -0.2) is 0 Å². The monoisotopic (exact) mass is 316 g/mol. The van der Waals surface area contributed by atoms with Crippen molar-refractivity contribution >= 4 is 29.3 Å². The lowest BCUT2D eigenvalue weighted by atomic mass is 10.3. The summed E-state index contributed by atoms with van der Waals surface area (Å²) in [5.41, 5.74) is 0. The lowest BCUT2D eigenvalue weighted by molar-refractivity contribution is 0.122. The number of halogens is 1. The average Bonchev–Trinajstić information content (AvgIpc) is 2.85. The molecule has 2 atom stereocenters. The summed E-state index contributed by atoms with van der Waals surface area (Å²) in [6.07, 6.45) is 1.24. The standard InChI is InChI=1S/C12H17ClN4O2S/c1-8-9(2-5-19-8)20-12-15-10(13)14-11(16-12)17-3-6-18-7-4-17/h8-9H,2-7H2,1H3. The van der Waals surface area contributed by atoms with E-state index in [-0.39, 0.29) is 11.4 Å². The van der Waals surface area contributed by atoms with Gasteiger partial charge in [0.05, 0.1) is 19.3 Å². The van der Waals surface area contributed by atoms with Crippen molar-refractivity contribution in [3.05, 3.63) is 5.28 Å². The van der Waals surface area contributed by atoms with Crippen LogP contribution in [0.25, 0.3) is 0 Å². The Morgan fingerprint density at radius 2 is 2.00 bits per heavy atom. The molecule has 0 spiro atoms. The Kier molecular flexibility index (Phi) is 4.60. The summed E-state index contributed by atoms with van der Waals surface area (Å²) in [6.45, 7) is 5.84. The van der Waals surface area contributed by atoms with Crippen LogP contribution in [0.2, 0.25) is 5.28 Å². The molecule has 0 aliphatic carbocycles. The third-order valence-electron chi connectivity index (χ3n) is 3.43. The third kappa shape index (κ3) is 3.33. The zero-order valence-corrected chi connectivity index (χ0v) is 12.9. The second-order valence-corrected chi connectivity index (χ2v) is 6.35. The first-order valence-electron chi connectivity index (χ1n) is 6.75. The van der Waals surface area contributed by atoms with E-state index in [2.05, 4.69) is 26.8 Å². The fourth-order valence-corrected chi connectivity index (χ4v) is 3.52. The maximum atomic E-state index is 6.03. The van der Waals surface area contributed by atoms with Crippen LogP contribution in [-0.4, -0.2) is 59.2 Å². The number of hydrogen-bond acceptors (Lipinski definition) is 7. The SMILES string of the molecule is CC1OCCC1Sc1nc(Cl)nc(N2CCOCC2)n1. The predicted octanol–water partition coefficient (Wildman–Crippen LogP) is 1.63. The number of nitrogens with zero attached hydrogens (tertiary/aromatic N) is 4. The van der Waals surface area contributed by atoms with Gasteiger partial charge in [-0.05, 0) is 24.9 Å². The number of aromatic nitrogens is 3. The zero-order chi connectivity index (χ0) is 13.9. The Morgan fingerprint density at radius 1 is 1.20 bits per heavy atom. The highest BCUT2D eigenvalue weighted by molar-refractivity contribution is 7.99. The maximum Gasteiger partial charge on any atom is 0.230 e. The van der Waals surface area contributed by atoms with E-state index in [1.807, 2.05) is 0 Å². The second kappa shape index (κ2) is 6.43. The highest BCUT2D eigenvalue weighted by atomic mass is 35.5. The molecular formula is C12H17ClN4O2S. The van der Waals surface area contributed by atoms with Gasteiger partial charge < -0.3 is 14.4 Å². The molecule has 2 saturated heterocycles. The summed E-state index contributed by atoms with van der Waals surface area (Å²) in [5, 5.41) is 1.30. The van der Waals surface area contributed by atoms with Crippen molar-refractivity contribution in [1.82, 2.24) is 15.0 Å². The topological polar surface area (TPSA) is 60.4 Å². The molecule has 0 N–H and O–H groups in total. The molecule has 2 fully saturated rings. The van der Waals surface area contributed by atoms with Crippen LogP contribution in [-0.2, 0) is 9.47 Å². The Hall–Kier alpha value is -0.630. The smallest absolute Gasteiger partial charge is 0.230 e. The van der Waals surface area contributed by atoms with Crippen LogP contribution in [0.5, 0.6) is 0 Å². The molecule has 0 bridgehead atoms. The molecule has 2 aliphatic heterocycles. The third-order valence-corrected chi connectivity index (χ3v) is 4.92. The summed E-state index contributed by atoms with van der Waals surface area (Å²) in [6, 6.07) is 0. The van der Waals surface area contributed by atoms with Gasteiger partial charge in [-0.3, -0.25) is 0 Å². The summed E-state index contributed by atoms with van der Waals surface area (Å²) >= 11 is 7.65. The summed E-state index contributed by atoms with van der Waals surface area (Å²) < 4.78 is 10.9. The van der Waals surface area contributed by atoms with Gasteiger partial charge in [-0.2, -0.15) is 15.0 Å². The largest absolute Gasteiger partial charge is 0.378 e. The first-order valence-corrected chi connectivity index (χ1v) is 8.00. The van der Waals surface area contributed by atoms with Gasteiger partial charge >= 0.3 is 0 Å². The Morgan fingerprint density at radius 3 is 2.70 bits per heavy atom. The molecule has 0 radical (unpaired) electrons. The van der Waals surface area contributed by atoms with E-state index in [1.54, 1.807) is 11.8 Å². The number of anilines is 1. The number of morpholine rings is 1. The minimum Gasteiger partial charge on any atom is -0.378 e. The van der Waals surface area contributed by atoms with E-state index >= 15 is 0 Å². The van der Waals surface area contributed by atoms with E-state index in [0.717, 1.165) is 26.1 Å². The number of hydrogen-bond donors (Lipinski definition) is 0. The van der Waals surface area contributed by atoms with Crippen molar-refractivity contribution in [2.24, 2.45) is 0 Å². The van der Waals surface area contributed by atoms with Gasteiger partial charge in [0.1, 0.15) is 0 Å². The van der Waals surface area contributed by atoms with Crippen molar-refractivity contribution in [2.75, 3.05) is 37.8 Å². The van der Waals surface area contributed by atoms with E-state index in [0.29, 0.717) is 29.6 Å². The van der Waals surface area contributed by atoms with Crippen LogP contribution in [0.15, 0.2) is 5.16 Å². The van der Waals surface area contributed by atoms with Crippen molar-refractivity contribution < 1.29 is 9.47 Å². The van der Waals surface area contributed by atoms with Crippen molar-refractivity contribution in [2.45, 2.75) is 29.9 Å². The lowest BCUT2D eigenvalue weighted by Gasteiger charge is -2.26. The summed E-state index contributed by atoms with van der Waals surface area (Å²) in [7, 11) is 0. The molecule has 8 heteroatoms. The number of ether oxygens (including phenoxy) is 2. The van der Waals surface area contributed by atoms with E-state index in [9.17, 15) is 0 Å². The van der Waals surface area contributed by atoms with Gasteiger partial charge in [-0.1, -0.05) is 11.8 Å². The Balaban J connectivity index is 1.75. The van der Waals surface area contributed by atoms with E-state index in [1.165, 1.54) is 0 Å². The quantitative estimate of drug-likeness (QED) is 0.840. The molecule has 1 aromatic rings. The zero-order valence-electron chi connectivity index (χ0n) is 11.3. The normalized spacial score (nSPS) is 27.0. The molecule has 1 aromatic heterocycles. The average molecular weight is 317 g/mol. The molecule has 0 saturated carbocycles. The minimum atomic E-state index is 0.224. The fraction of sp³-hybridized carbons (Fsp3) is 0.750. The Labute approximate surface area is 127 Å². The summed E-state index contributed by atoms with van der Waals surface area (Å²) in [5.74, 6) is 0.641. The molecule has 20 heavy (non-hydrogen) atoms. The van der Waals surface area contributed by atoms with Crippen molar-refractivity contribution in [3.8, 4) is 0 Å². The molecule has 110 valence electrons. The van der Waals surface area contributed by atoms with Gasteiger partial charge in [0, 0.05) is 24.9 Å². The van der Waals surface area contributed by atoms with Gasteiger partial charge in [0.2, 0.25) is 11.2 Å². The van der Waals surface area contributed by atoms with Gasteiger partial charge in [0.25, 0.3) is 0 Å². The summed E-state index contributed by atoms with van der Waals surface area (Å²) in [4.78, 5) is 15.0. The van der Waals surface area contributed by atoms with Crippen LogP contribution in [0.3, 0.4) is 0 Å². The molecule has 2 unspecified atom stereocenters. The van der Waals surface area contributed by atoms with Crippen LogP contribution >= 0.6 is 23.4 Å². The fourth-order valence-electron chi connectivity index (χ4n) is 2.28. The molecule has 3 heterocycles. The molecule has 0 amide bonds. The van der Waals surface area contributed by atoms with Gasteiger partial charge in [-0.15, -0.1) is 0 Å². The van der Waals surface area contributed by atoms with Gasteiger partial charge in [0.15, 0.2) is 5.16 Å². The molecule has 3 rings (SSSR count). The highest BCUT2D eigenvalue weighted by Crippen LogP contribution is 2.31. The van der Waals surface area contributed by atoms with Crippen LogP contribution in [0.4, 0.5) is 5.95 Å². The van der Waals surface area contributed by atoms with Crippen LogP contribution in [0.1, 0.15) is 13.3 Å². The molecule has 6 nitrogen and oxygen atoms in total. The number of thioether (sulfide) groups is 1. The predicted molar refractivity (Wildman–Crippen MR) is 77.5 cm³/mol. The van der Waals surface area contributed by atoms with Crippen molar-refractivity contribution in [3.63, 3.8) is 0 Å². The second-order valence-electron chi connectivity index (χ2n) is 4.81. The van der Waals surface area contributed by atoms with Crippen LogP contribution in [0, 0.1) is 0 Å². The Bertz CT molecular complexity index is 473. The number of rotatable bonds is 3. The minimum absolute atomic E-state index is 0.224. The van der Waals surface area contributed by atoms with E-state index in [4.69, 9.17) is 21.1 Å². The highest BCUT2D eigenvalue weighted by Gasteiger charge is 2.27. The first-order chi connectivity index (χ1) is 9.72. The maximum absolute atomic E-state index is 6.03. The molecule has 0 aromatic carbocycles. The molecule has 2 aliphatic rings. The van der Waals surface area contributed by atoms with Crippen LogP contribution < -0.4 is 4.90 Å². The molecular weight excluding hydrogens is 300 g/mol. The first kappa shape index (κ1) is 14.3. The van der Waals surface area contributed by atoms with E-state index < -0.39 is 0 Å². The van der Waals surface area contributed by atoms with Crippen molar-refractivity contribution in [1.29, 1.82) is 0 Å².